The highest BCUT2D eigenvalue weighted by Gasteiger charge is 2.52. The molecule has 0 bridgehead atoms. The molecule has 4 rings (SSSR count). The SMILES string of the molecule is Cc1ccc(S(=O)(=O)[C@@H]2C(c3ccccc3)=NO[C@H]2S(=O)(=O)c2ccc(Cl)cc2)cc1. The normalized spacial score (nSPS) is 19.0. The Morgan fingerprint density at radius 3 is 1.94 bits per heavy atom. The van der Waals surface area contributed by atoms with Crippen LogP contribution < -0.4 is 0 Å². The van der Waals surface area contributed by atoms with Crippen LogP contribution in [0, 0.1) is 6.92 Å². The molecule has 3 aromatic carbocycles. The van der Waals surface area contributed by atoms with E-state index in [9.17, 15) is 16.8 Å². The molecule has 160 valence electrons. The first kappa shape index (κ1) is 21.5. The lowest BCUT2D eigenvalue weighted by atomic mass is 10.1. The molecule has 0 saturated heterocycles. The van der Waals surface area contributed by atoms with Crippen molar-refractivity contribution in [3.8, 4) is 0 Å². The average Bonchev–Trinajstić information content (AvgIpc) is 3.22. The van der Waals surface area contributed by atoms with Crippen LogP contribution in [0.25, 0.3) is 0 Å². The van der Waals surface area contributed by atoms with Crippen LogP contribution in [-0.2, 0) is 24.5 Å². The second-order valence-corrected chi connectivity index (χ2v) is 11.6. The van der Waals surface area contributed by atoms with Crippen LogP contribution in [0.2, 0.25) is 5.02 Å². The van der Waals surface area contributed by atoms with Gasteiger partial charge in [-0.15, -0.1) is 0 Å². The molecule has 9 heteroatoms. The van der Waals surface area contributed by atoms with E-state index >= 15 is 0 Å². The molecule has 1 heterocycles. The van der Waals surface area contributed by atoms with Gasteiger partial charge in [-0.05, 0) is 43.3 Å². The van der Waals surface area contributed by atoms with E-state index in [-0.39, 0.29) is 15.5 Å². The molecule has 6 nitrogen and oxygen atoms in total. The van der Waals surface area contributed by atoms with E-state index in [0.717, 1.165) is 5.56 Å². The predicted molar refractivity (Wildman–Crippen MR) is 119 cm³/mol. The van der Waals surface area contributed by atoms with Crippen molar-refractivity contribution in [2.24, 2.45) is 5.16 Å². The summed E-state index contributed by atoms with van der Waals surface area (Å²) in [7, 11) is -8.38. The summed E-state index contributed by atoms with van der Waals surface area (Å²) in [5.74, 6) is 0. The molecule has 3 aromatic rings. The lowest BCUT2D eigenvalue weighted by Gasteiger charge is -2.20. The molecule has 0 amide bonds. The fourth-order valence-electron chi connectivity index (χ4n) is 3.32. The Kier molecular flexibility index (Phi) is 5.63. The summed E-state index contributed by atoms with van der Waals surface area (Å²) in [4.78, 5) is 5.19. The monoisotopic (exact) mass is 475 g/mol. The zero-order chi connectivity index (χ0) is 22.2. The smallest absolute Gasteiger partial charge is 0.254 e. The topological polar surface area (TPSA) is 89.9 Å². The number of nitrogens with zero attached hydrogens (tertiary/aromatic N) is 1. The number of halogens is 1. The van der Waals surface area contributed by atoms with Crippen molar-refractivity contribution in [2.45, 2.75) is 27.4 Å². The van der Waals surface area contributed by atoms with Crippen molar-refractivity contribution in [1.82, 2.24) is 0 Å². The highest BCUT2D eigenvalue weighted by molar-refractivity contribution is 7.96. The molecule has 1 aliphatic rings. The van der Waals surface area contributed by atoms with Crippen LogP contribution in [0.4, 0.5) is 0 Å². The van der Waals surface area contributed by atoms with Crippen LogP contribution in [0.5, 0.6) is 0 Å². The molecule has 0 saturated carbocycles. The first-order chi connectivity index (χ1) is 14.7. The number of oxime groups is 1. The Labute approximate surface area is 186 Å². The van der Waals surface area contributed by atoms with Gasteiger partial charge in [0.2, 0.25) is 9.84 Å². The minimum absolute atomic E-state index is 0.00598. The van der Waals surface area contributed by atoms with Crippen molar-refractivity contribution in [3.05, 3.63) is 95.0 Å². The average molecular weight is 476 g/mol. The number of aryl methyl sites for hydroxylation is 1. The molecule has 0 unspecified atom stereocenters. The van der Waals surface area contributed by atoms with Crippen LogP contribution >= 0.6 is 11.6 Å². The Bertz CT molecular complexity index is 1340. The van der Waals surface area contributed by atoms with Crippen LogP contribution in [0.3, 0.4) is 0 Å². The van der Waals surface area contributed by atoms with Crippen molar-refractivity contribution in [2.75, 3.05) is 0 Å². The fraction of sp³-hybridized carbons (Fsp3) is 0.136. The second-order valence-electron chi connectivity index (χ2n) is 7.09. The van der Waals surface area contributed by atoms with Crippen molar-refractivity contribution < 1.29 is 21.7 Å². The van der Waals surface area contributed by atoms with Crippen LogP contribution in [0.15, 0.2) is 93.8 Å². The van der Waals surface area contributed by atoms with Gasteiger partial charge in [0.1, 0.15) is 5.71 Å². The summed E-state index contributed by atoms with van der Waals surface area (Å²) < 4.78 is 54.0. The summed E-state index contributed by atoms with van der Waals surface area (Å²) in [5.41, 5.74) is -0.347. The highest BCUT2D eigenvalue weighted by Crippen LogP contribution is 2.34. The third-order valence-corrected chi connectivity index (χ3v) is 9.36. The van der Waals surface area contributed by atoms with E-state index in [2.05, 4.69) is 5.16 Å². The van der Waals surface area contributed by atoms with Gasteiger partial charge < -0.3 is 4.84 Å². The molecule has 0 aromatic heterocycles. The number of benzene rings is 3. The maximum absolute atomic E-state index is 13.6. The molecule has 1 aliphatic heterocycles. The molecule has 0 fully saturated rings. The van der Waals surface area contributed by atoms with Gasteiger partial charge in [-0.1, -0.05) is 64.8 Å². The van der Waals surface area contributed by atoms with E-state index < -0.39 is 30.4 Å². The molecule has 0 spiro atoms. The summed E-state index contributed by atoms with van der Waals surface area (Å²) in [6, 6.07) is 20.2. The summed E-state index contributed by atoms with van der Waals surface area (Å²) >= 11 is 5.87. The minimum atomic E-state index is -4.22. The van der Waals surface area contributed by atoms with Crippen LogP contribution in [0.1, 0.15) is 11.1 Å². The zero-order valence-corrected chi connectivity index (χ0v) is 18.7. The summed E-state index contributed by atoms with van der Waals surface area (Å²) in [5, 5.41) is 2.73. The van der Waals surface area contributed by atoms with Gasteiger partial charge in [-0.3, -0.25) is 0 Å². The first-order valence-corrected chi connectivity index (χ1v) is 12.8. The van der Waals surface area contributed by atoms with Crippen molar-refractivity contribution in [3.63, 3.8) is 0 Å². The molecule has 0 aliphatic carbocycles. The van der Waals surface area contributed by atoms with E-state index in [4.69, 9.17) is 16.4 Å². The van der Waals surface area contributed by atoms with Gasteiger partial charge in [0.05, 0.1) is 9.79 Å². The minimum Gasteiger partial charge on any atom is -0.374 e. The molecule has 0 radical (unpaired) electrons. The van der Waals surface area contributed by atoms with E-state index in [1.165, 1.54) is 36.4 Å². The predicted octanol–water partition coefficient (Wildman–Crippen LogP) is 4.03. The second kappa shape index (κ2) is 8.11. The first-order valence-electron chi connectivity index (χ1n) is 9.30. The van der Waals surface area contributed by atoms with Crippen LogP contribution in [-0.4, -0.2) is 33.2 Å². The molecule has 0 N–H and O–H groups in total. The quantitative estimate of drug-likeness (QED) is 0.555. The lowest BCUT2D eigenvalue weighted by molar-refractivity contribution is 0.141. The van der Waals surface area contributed by atoms with Gasteiger partial charge in [0.25, 0.3) is 5.44 Å². The molecule has 31 heavy (non-hydrogen) atoms. The van der Waals surface area contributed by atoms with Crippen molar-refractivity contribution >= 4 is 37.0 Å². The van der Waals surface area contributed by atoms with E-state index in [1.807, 2.05) is 6.92 Å². The Morgan fingerprint density at radius 1 is 0.774 bits per heavy atom. The van der Waals surface area contributed by atoms with E-state index in [1.54, 1.807) is 42.5 Å². The lowest BCUT2D eigenvalue weighted by Crippen LogP contribution is -2.42. The van der Waals surface area contributed by atoms with Gasteiger partial charge in [0, 0.05) is 10.6 Å². The van der Waals surface area contributed by atoms with Gasteiger partial charge in [0.15, 0.2) is 15.1 Å². The maximum Gasteiger partial charge on any atom is 0.254 e. The standard InChI is InChI=1S/C22H18ClNO5S2/c1-15-7-11-18(12-8-15)30(25,26)21-20(16-5-3-2-4-6-16)24-29-22(21)31(27,28)19-13-9-17(23)10-14-19/h2-14,21-22H,1H3/t21-,22+/m1/s1. The number of hydrogen-bond donors (Lipinski definition) is 0. The molecular formula is C22H18ClNO5S2. The fourth-order valence-corrected chi connectivity index (χ4v) is 7.34. The maximum atomic E-state index is 13.6. The Balaban J connectivity index is 1.86. The Hall–Kier alpha value is -2.68. The summed E-state index contributed by atoms with van der Waals surface area (Å²) in [6.45, 7) is 1.83. The molecular weight excluding hydrogens is 458 g/mol. The number of hydrogen-bond acceptors (Lipinski definition) is 6. The highest BCUT2D eigenvalue weighted by atomic mass is 35.5. The number of sulfone groups is 2. The van der Waals surface area contributed by atoms with Gasteiger partial charge >= 0.3 is 0 Å². The largest absolute Gasteiger partial charge is 0.374 e. The third-order valence-electron chi connectivity index (χ3n) is 4.97. The molecule has 2 atom stereocenters. The number of rotatable bonds is 5. The third kappa shape index (κ3) is 3.98. The summed E-state index contributed by atoms with van der Waals surface area (Å²) in [6.07, 6.45) is 0. The zero-order valence-electron chi connectivity index (χ0n) is 16.3. The van der Waals surface area contributed by atoms with Gasteiger partial charge in [-0.25, -0.2) is 16.8 Å². The van der Waals surface area contributed by atoms with E-state index in [0.29, 0.717) is 10.6 Å². The van der Waals surface area contributed by atoms with Gasteiger partial charge in [-0.2, -0.15) is 0 Å². The Morgan fingerprint density at radius 2 is 1.32 bits per heavy atom. The van der Waals surface area contributed by atoms with Crippen molar-refractivity contribution in [1.29, 1.82) is 0 Å².